The van der Waals surface area contributed by atoms with Gasteiger partial charge in [0, 0.05) is 32.9 Å². The van der Waals surface area contributed by atoms with Crippen molar-refractivity contribution in [1.82, 2.24) is 0 Å². The molecule has 69 heavy (non-hydrogen) atoms. The molecule has 0 bridgehead atoms. The van der Waals surface area contributed by atoms with E-state index in [0.717, 1.165) is 90.0 Å². The first-order chi connectivity index (χ1) is 31.6. The van der Waals surface area contributed by atoms with Crippen molar-refractivity contribution in [3.05, 3.63) is 167 Å². The van der Waals surface area contributed by atoms with Crippen molar-refractivity contribution in [3.8, 4) is 11.5 Å². The molecular weight excluding hydrogens is 972 g/mol. The molecule has 0 radical (unpaired) electrons. The van der Waals surface area contributed by atoms with Gasteiger partial charge in [-0.1, -0.05) is 120 Å². The molecule has 6 aromatic rings. The first kappa shape index (κ1) is 62.1. The Labute approximate surface area is 445 Å². The Kier molecular flexibility index (Phi) is 28.3. The Morgan fingerprint density at radius 2 is 0.536 bits per heavy atom. The van der Waals surface area contributed by atoms with E-state index in [9.17, 15) is 0 Å². The molecule has 0 unspecified atom stereocenters. The summed E-state index contributed by atoms with van der Waals surface area (Å²) in [5.74, 6) is 1.87. The van der Waals surface area contributed by atoms with Crippen molar-refractivity contribution in [1.29, 1.82) is 0 Å². The molecule has 0 aliphatic carbocycles. The maximum Gasteiger partial charge on any atom is 0.135 e. The summed E-state index contributed by atoms with van der Waals surface area (Å²) in [6.07, 6.45) is 0. The SMILES string of the molecule is CC[NH+](CC)Cc1ccc(P(c2ccc(C[NH+](CC)CC)cc2)c2cc(C)ccc2Oc2ccc(C)cc2P(c2ccc(C[NH+](CC)CC)cc2)c2ccc(C[NH+](CC)CC)cc2)cc1.[Cl-].[Cl-].[Cl-].[Cl-]. The molecule has 376 valence electrons. The molecule has 6 aromatic carbocycles. The highest BCUT2D eigenvalue weighted by Gasteiger charge is 2.26. The smallest absolute Gasteiger partial charge is 0.135 e. The third-order valence-corrected chi connectivity index (χ3v) is 18.4. The lowest BCUT2D eigenvalue weighted by molar-refractivity contribution is -0.910. The van der Waals surface area contributed by atoms with E-state index in [0.29, 0.717) is 0 Å². The lowest BCUT2D eigenvalue weighted by atomic mass is 10.2. The van der Waals surface area contributed by atoms with Gasteiger partial charge in [0.25, 0.3) is 0 Å². The highest BCUT2D eigenvalue weighted by Crippen LogP contribution is 2.41. The minimum Gasteiger partial charge on any atom is -1.00 e. The van der Waals surface area contributed by atoms with Gasteiger partial charge in [0.1, 0.15) is 37.7 Å². The van der Waals surface area contributed by atoms with Gasteiger partial charge < -0.3 is 74.0 Å². The first-order valence-corrected chi connectivity index (χ1v) is 27.5. The lowest BCUT2D eigenvalue weighted by Crippen LogP contribution is -3.10. The molecule has 0 aliphatic heterocycles. The molecule has 0 atom stereocenters. The molecule has 0 amide bonds. The fourth-order valence-corrected chi connectivity index (χ4v) is 13.8. The minimum atomic E-state index is -0.944. The molecule has 4 N–H and O–H groups in total. The van der Waals surface area contributed by atoms with Gasteiger partial charge in [-0.3, -0.25) is 0 Å². The summed E-state index contributed by atoms with van der Waals surface area (Å²) < 4.78 is 7.44. The third-order valence-electron chi connectivity index (χ3n) is 13.5. The van der Waals surface area contributed by atoms with Crippen molar-refractivity contribution >= 4 is 47.7 Å². The molecular formula is C58H80Cl4N4OP2. The first-order valence-electron chi connectivity index (χ1n) is 24.8. The van der Waals surface area contributed by atoms with Crippen molar-refractivity contribution in [2.75, 3.05) is 52.4 Å². The van der Waals surface area contributed by atoms with Crippen LogP contribution in [-0.4, -0.2) is 52.4 Å². The van der Waals surface area contributed by atoms with Gasteiger partial charge in [-0.2, -0.15) is 0 Å². The second-order valence-corrected chi connectivity index (χ2v) is 22.3. The molecule has 0 aromatic heterocycles. The van der Waals surface area contributed by atoms with Crippen LogP contribution in [-0.2, 0) is 26.2 Å². The highest BCUT2D eigenvalue weighted by molar-refractivity contribution is 7.80. The monoisotopic (exact) mass is 1050 g/mol. The number of halogens is 4. The number of rotatable bonds is 24. The fourth-order valence-electron chi connectivity index (χ4n) is 8.96. The Hall–Kier alpha value is -3.02. The van der Waals surface area contributed by atoms with E-state index in [1.165, 1.54) is 65.2 Å². The van der Waals surface area contributed by atoms with Crippen LogP contribution in [0.15, 0.2) is 133 Å². The average Bonchev–Trinajstić information content (AvgIpc) is 3.34. The Balaban J connectivity index is 0.00000408. The van der Waals surface area contributed by atoms with E-state index < -0.39 is 15.8 Å². The van der Waals surface area contributed by atoms with E-state index in [1.807, 2.05) is 0 Å². The summed E-state index contributed by atoms with van der Waals surface area (Å²) in [5, 5.41) is 7.90. The normalized spacial score (nSPS) is 11.2. The molecule has 11 heteroatoms. The van der Waals surface area contributed by atoms with Crippen molar-refractivity contribution < 1.29 is 74.0 Å². The van der Waals surface area contributed by atoms with Gasteiger partial charge in [-0.15, -0.1) is 0 Å². The number of benzene rings is 6. The standard InChI is InChI=1S/C58H76N4OP2.4ClH/c1-11-59(12-2)41-47-21-29-51(30-22-47)64(52-31-23-48(24-32-52)42-60(13-3)14-4)57-39-45(9)19-37-55(57)63-56-38-20-46(10)40-58(56)65(53-33-25-49(26-34-53)43-61(15-5)16-6)54-35-27-50(28-36-54)44-62(17-7)18-8;;;;/h19-40H,11-18,41-44H2,1-10H3;4*1H. The van der Waals surface area contributed by atoms with Crippen molar-refractivity contribution in [2.24, 2.45) is 0 Å². The molecule has 0 saturated carbocycles. The zero-order valence-corrected chi connectivity index (χ0v) is 47.8. The van der Waals surface area contributed by atoms with Crippen LogP contribution in [0, 0.1) is 13.8 Å². The Bertz CT molecular complexity index is 2070. The van der Waals surface area contributed by atoms with Crippen LogP contribution < -0.4 is 106 Å². The lowest BCUT2D eigenvalue weighted by Gasteiger charge is -2.26. The molecule has 0 saturated heterocycles. The van der Waals surface area contributed by atoms with Gasteiger partial charge in [0.15, 0.2) is 0 Å². The molecule has 0 aliphatic rings. The second-order valence-electron chi connectivity index (χ2n) is 17.9. The average molecular weight is 1050 g/mol. The van der Waals surface area contributed by atoms with Crippen LogP contribution in [0.25, 0.3) is 0 Å². The van der Waals surface area contributed by atoms with E-state index >= 15 is 0 Å². The predicted octanol–water partition coefficient (Wildman–Crippen LogP) is -6.67. The van der Waals surface area contributed by atoms with Crippen LogP contribution in [0.2, 0.25) is 0 Å². The van der Waals surface area contributed by atoms with E-state index in [1.54, 1.807) is 19.6 Å². The Morgan fingerprint density at radius 3 is 0.739 bits per heavy atom. The molecule has 5 nitrogen and oxygen atoms in total. The zero-order valence-electron chi connectivity index (χ0n) is 43.0. The van der Waals surface area contributed by atoms with Crippen LogP contribution >= 0.6 is 15.8 Å². The van der Waals surface area contributed by atoms with Crippen LogP contribution in [0.3, 0.4) is 0 Å². The summed E-state index contributed by atoms with van der Waals surface area (Å²) in [6, 6.07) is 51.9. The highest BCUT2D eigenvalue weighted by atomic mass is 35.5. The number of quaternary nitrogens is 4. The van der Waals surface area contributed by atoms with Gasteiger partial charge in [-0.05, 0) is 131 Å². The second kappa shape index (κ2) is 31.4. The number of nitrogens with one attached hydrogen (secondary N) is 4. The zero-order chi connectivity index (χ0) is 46.3. The Morgan fingerprint density at radius 1 is 0.319 bits per heavy atom. The number of hydrogen-bond acceptors (Lipinski definition) is 1. The van der Waals surface area contributed by atoms with Crippen molar-refractivity contribution in [2.45, 2.75) is 95.4 Å². The largest absolute Gasteiger partial charge is 1.00 e. The van der Waals surface area contributed by atoms with E-state index in [2.05, 4.69) is 203 Å². The molecule has 0 spiro atoms. The predicted molar refractivity (Wildman–Crippen MR) is 283 cm³/mol. The summed E-state index contributed by atoms with van der Waals surface area (Å²) >= 11 is 0. The fraction of sp³-hybridized carbons (Fsp3) is 0.379. The number of ether oxygens (including phenoxy) is 1. The van der Waals surface area contributed by atoms with Crippen LogP contribution in [0.4, 0.5) is 0 Å². The molecule has 0 heterocycles. The summed E-state index contributed by atoms with van der Waals surface area (Å²) in [6.45, 7) is 36.0. The van der Waals surface area contributed by atoms with Gasteiger partial charge in [-0.25, -0.2) is 0 Å². The van der Waals surface area contributed by atoms with E-state index in [4.69, 9.17) is 4.74 Å². The molecule has 0 fully saturated rings. The molecule has 6 rings (SSSR count). The van der Waals surface area contributed by atoms with Gasteiger partial charge >= 0.3 is 0 Å². The third kappa shape index (κ3) is 17.0. The van der Waals surface area contributed by atoms with Crippen LogP contribution in [0.5, 0.6) is 11.5 Å². The van der Waals surface area contributed by atoms with Gasteiger partial charge in [0.2, 0.25) is 0 Å². The quantitative estimate of drug-likeness (QED) is 0.0447. The number of hydrogen-bond donors (Lipinski definition) is 4. The van der Waals surface area contributed by atoms with Gasteiger partial charge in [0.05, 0.1) is 52.4 Å². The van der Waals surface area contributed by atoms with E-state index in [-0.39, 0.29) is 49.6 Å². The topological polar surface area (TPSA) is 27.0 Å². The minimum absolute atomic E-state index is 0. The van der Waals surface area contributed by atoms with Crippen LogP contribution in [0.1, 0.15) is 88.8 Å². The summed E-state index contributed by atoms with van der Waals surface area (Å²) in [4.78, 5) is 6.40. The van der Waals surface area contributed by atoms with Crippen molar-refractivity contribution in [3.63, 3.8) is 0 Å². The maximum absolute atomic E-state index is 7.44. The summed E-state index contributed by atoms with van der Waals surface area (Å²) in [5.41, 5.74) is 8.05. The maximum atomic E-state index is 7.44. The summed E-state index contributed by atoms with van der Waals surface area (Å²) in [7, 11) is -1.89. The number of aryl methyl sites for hydroxylation is 2.